The molecular weight excluding hydrogens is 259 g/mol. The maximum Gasteiger partial charge on any atom is 0.272 e. The SMILES string of the molecule is NC1(c2ccc(F)c(Br)c2)CC1(F)F. The lowest BCUT2D eigenvalue weighted by molar-refractivity contribution is 0.0891. The fourth-order valence-electron chi connectivity index (χ4n) is 1.39. The third-order valence-electron chi connectivity index (χ3n) is 2.46. The molecule has 0 radical (unpaired) electrons. The van der Waals surface area contributed by atoms with Gasteiger partial charge in [0.1, 0.15) is 11.4 Å². The topological polar surface area (TPSA) is 26.0 Å². The Labute approximate surface area is 87.2 Å². The summed E-state index contributed by atoms with van der Waals surface area (Å²) in [6.07, 6.45) is -0.377. The van der Waals surface area contributed by atoms with E-state index in [-0.39, 0.29) is 16.5 Å². The van der Waals surface area contributed by atoms with Gasteiger partial charge in [0.05, 0.1) is 4.47 Å². The van der Waals surface area contributed by atoms with Crippen molar-refractivity contribution in [2.24, 2.45) is 5.73 Å². The van der Waals surface area contributed by atoms with E-state index in [4.69, 9.17) is 5.73 Å². The van der Waals surface area contributed by atoms with Gasteiger partial charge >= 0.3 is 0 Å². The lowest BCUT2D eigenvalue weighted by atomic mass is 10.1. The molecule has 0 saturated heterocycles. The molecule has 0 aromatic heterocycles. The number of rotatable bonds is 1. The van der Waals surface area contributed by atoms with E-state index in [0.29, 0.717) is 0 Å². The molecule has 0 heterocycles. The highest BCUT2D eigenvalue weighted by Crippen LogP contribution is 2.57. The molecule has 0 amide bonds. The molecule has 1 aliphatic carbocycles. The summed E-state index contributed by atoms with van der Waals surface area (Å²) in [6.45, 7) is 0. The fraction of sp³-hybridized carbons (Fsp3) is 0.333. The summed E-state index contributed by atoms with van der Waals surface area (Å²) in [6, 6.07) is 3.72. The van der Waals surface area contributed by atoms with Crippen LogP contribution in [0.3, 0.4) is 0 Å². The average Bonchev–Trinajstić information content (AvgIpc) is 2.58. The summed E-state index contributed by atoms with van der Waals surface area (Å²) in [4.78, 5) is 0. The van der Waals surface area contributed by atoms with Crippen LogP contribution in [0.2, 0.25) is 0 Å². The number of hydrogen-bond acceptors (Lipinski definition) is 1. The Hall–Kier alpha value is -0.550. The summed E-state index contributed by atoms with van der Waals surface area (Å²) in [5.74, 6) is -3.36. The molecular formula is C9H7BrF3N. The Balaban J connectivity index is 2.40. The highest BCUT2D eigenvalue weighted by atomic mass is 79.9. The Morgan fingerprint density at radius 3 is 2.36 bits per heavy atom. The van der Waals surface area contributed by atoms with E-state index < -0.39 is 17.3 Å². The zero-order chi connectivity index (χ0) is 10.6. The molecule has 0 bridgehead atoms. The molecule has 1 aliphatic rings. The second kappa shape index (κ2) is 2.73. The van der Waals surface area contributed by atoms with Crippen molar-refractivity contribution in [2.45, 2.75) is 17.9 Å². The molecule has 76 valence electrons. The predicted octanol–water partition coefficient (Wildman–Crippen LogP) is 2.78. The Morgan fingerprint density at radius 2 is 1.93 bits per heavy atom. The van der Waals surface area contributed by atoms with Crippen LogP contribution in [-0.2, 0) is 5.54 Å². The van der Waals surface area contributed by atoms with Crippen LogP contribution in [0, 0.1) is 5.82 Å². The van der Waals surface area contributed by atoms with Crippen LogP contribution in [0.5, 0.6) is 0 Å². The van der Waals surface area contributed by atoms with E-state index in [1.54, 1.807) is 0 Å². The molecule has 1 unspecified atom stereocenters. The normalized spacial score (nSPS) is 28.9. The first kappa shape index (κ1) is 9.98. The van der Waals surface area contributed by atoms with Crippen LogP contribution in [0.4, 0.5) is 13.2 Å². The lowest BCUT2D eigenvalue weighted by Crippen LogP contribution is -2.27. The van der Waals surface area contributed by atoms with Crippen LogP contribution in [0.25, 0.3) is 0 Å². The Morgan fingerprint density at radius 1 is 1.36 bits per heavy atom. The monoisotopic (exact) mass is 265 g/mol. The Kier molecular flexibility index (Phi) is 1.95. The van der Waals surface area contributed by atoms with Gasteiger partial charge < -0.3 is 5.73 Å². The van der Waals surface area contributed by atoms with Gasteiger partial charge in [-0.05, 0) is 33.6 Å². The van der Waals surface area contributed by atoms with Gasteiger partial charge in [-0.15, -0.1) is 0 Å². The maximum absolute atomic E-state index is 12.9. The number of halogens is 4. The van der Waals surface area contributed by atoms with Crippen molar-refractivity contribution in [3.63, 3.8) is 0 Å². The van der Waals surface area contributed by atoms with E-state index in [1.807, 2.05) is 0 Å². The second-order valence-electron chi connectivity index (χ2n) is 3.48. The minimum Gasteiger partial charge on any atom is -0.316 e. The summed E-state index contributed by atoms with van der Waals surface area (Å²) < 4.78 is 38.7. The van der Waals surface area contributed by atoms with Crippen molar-refractivity contribution in [3.8, 4) is 0 Å². The van der Waals surface area contributed by atoms with Gasteiger partial charge in [0, 0.05) is 6.42 Å². The first-order valence-electron chi connectivity index (χ1n) is 3.99. The van der Waals surface area contributed by atoms with Gasteiger partial charge in [-0.1, -0.05) is 6.07 Å². The molecule has 14 heavy (non-hydrogen) atoms. The molecule has 1 aromatic rings. The quantitative estimate of drug-likeness (QED) is 0.831. The molecule has 1 saturated carbocycles. The smallest absolute Gasteiger partial charge is 0.272 e. The highest BCUT2D eigenvalue weighted by molar-refractivity contribution is 9.10. The molecule has 2 rings (SSSR count). The molecule has 0 spiro atoms. The molecule has 2 N–H and O–H groups in total. The van der Waals surface area contributed by atoms with E-state index in [2.05, 4.69) is 15.9 Å². The van der Waals surface area contributed by atoms with E-state index >= 15 is 0 Å². The number of alkyl halides is 2. The first-order chi connectivity index (χ1) is 6.37. The Bertz CT molecular complexity index is 394. The summed E-state index contributed by atoms with van der Waals surface area (Å²) in [7, 11) is 0. The summed E-state index contributed by atoms with van der Waals surface area (Å²) in [5.41, 5.74) is 4.12. The first-order valence-corrected chi connectivity index (χ1v) is 4.78. The van der Waals surface area contributed by atoms with Crippen LogP contribution in [0.15, 0.2) is 22.7 Å². The third kappa shape index (κ3) is 1.26. The molecule has 1 atom stereocenters. The molecule has 1 nitrogen and oxygen atoms in total. The number of hydrogen-bond donors (Lipinski definition) is 1. The van der Waals surface area contributed by atoms with Crippen molar-refractivity contribution < 1.29 is 13.2 Å². The van der Waals surface area contributed by atoms with Crippen molar-refractivity contribution in [1.29, 1.82) is 0 Å². The fourth-order valence-corrected chi connectivity index (χ4v) is 1.77. The van der Waals surface area contributed by atoms with Gasteiger partial charge in [-0.2, -0.15) is 0 Å². The zero-order valence-corrected chi connectivity index (χ0v) is 8.61. The van der Waals surface area contributed by atoms with Gasteiger partial charge in [-0.25, -0.2) is 13.2 Å². The molecule has 1 fully saturated rings. The number of benzene rings is 1. The van der Waals surface area contributed by atoms with E-state index in [9.17, 15) is 13.2 Å². The highest BCUT2D eigenvalue weighted by Gasteiger charge is 2.69. The van der Waals surface area contributed by atoms with Crippen LogP contribution < -0.4 is 5.73 Å². The van der Waals surface area contributed by atoms with Crippen molar-refractivity contribution in [2.75, 3.05) is 0 Å². The average molecular weight is 266 g/mol. The van der Waals surface area contributed by atoms with Crippen molar-refractivity contribution in [1.82, 2.24) is 0 Å². The van der Waals surface area contributed by atoms with Crippen molar-refractivity contribution in [3.05, 3.63) is 34.1 Å². The summed E-state index contributed by atoms with van der Waals surface area (Å²) >= 11 is 2.93. The minimum atomic E-state index is -2.87. The van der Waals surface area contributed by atoms with E-state index in [0.717, 1.165) is 6.07 Å². The van der Waals surface area contributed by atoms with Crippen molar-refractivity contribution >= 4 is 15.9 Å². The van der Waals surface area contributed by atoms with Gasteiger partial charge in [0.15, 0.2) is 0 Å². The molecule has 5 heteroatoms. The number of nitrogens with two attached hydrogens (primary N) is 1. The van der Waals surface area contributed by atoms with Crippen LogP contribution in [-0.4, -0.2) is 5.92 Å². The van der Waals surface area contributed by atoms with Crippen LogP contribution in [0.1, 0.15) is 12.0 Å². The standard InChI is InChI=1S/C9H7BrF3N/c10-6-3-5(1-2-7(6)11)8(14)4-9(8,12)13/h1-3H,4,14H2. The van der Waals surface area contributed by atoms with Gasteiger partial charge in [0.2, 0.25) is 0 Å². The zero-order valence-electron chi connectivity index (χ0n) is 7.03. The largest absolute Gasteiger partial charge is 0.316 e. The van der Waals surface area contributed by atoms with Gasteiger partial charge in [-0.3, -0.25) is 0 Å². The van der Waals surface area contributed by atoms with Crippen LogP contribution >= 0.6 is 15.9 Å². The molecule has 1 aromatic carbocycles. The molecule has 0 aliphatic heterocycles. The lowest BCUT2D eigenvalue weighted by Gasteiger charge is -2.11. The van der Waals surface area contributed by atoms with Gasteiger partial charge in [0.25, 0.3) is 5.92 Å². The predicted molar refractivity (Wildman–Crippen MR) is 49.5 cm³/mol. The minimum absolute atomic E-state index is 0.155. The van der Waals surface area contributed by atoms with E-state index in [1.165, 1.54) is 12.1 Å². The third-order valence-corrected chi connectivity index (χ3v) is 3.07. The maximum atomic E-state index is 12.9. The summed E-state index contributed by atoms with van der Waals surface area (Å²) in [5, 5.41) is 0. The second-order valence-corrected chi connectivity index (χ2v) is 4.34.